The Morgan fingerprint density at radius 2 is 1.91 bits per heavy atom. The van der Waals surface area contributed by atoms with E-state index in [1.54, 1.807) is 42.5 Å². The molecule has 0 spiro atoms. The maximum atomic E-state index is 11.8. The van der Waals surface area contributed by atoms with Gasteiger partial charge in [0.1, 0.15) is 5.75 Å². The summed E-state index contributed by atoms with van der Waals surface area (Å²) in [6, 6.07) is 15.7. The van der Waals surface area contributed by atoms with E-state index < -0.39 is 0 Å². The Morgan fingerprint density at radius 3 is 2.57 bits per heavy atom. The van der Waals surface area contributed by atoms with Crippen molar-refractivity contribution in [2.24, 2.45) is 0 Å². The standard InChI is InChI=1S/C18H16N2O3/c1-13(21)16-5-7-17(8-6-16)23-12-18(22)20-11-15-4-2-3-14(9-15)10-19/h2-9H,11-12H2,1H3,(H,20,22). The fraction of sp³-hybridized carbons (Fsp3) is 0.167. The van der Waals surface area contributed by atoms with Gasteiger partial charge in [-0.2, -0.15) is 5.26 Å². The summed E-state index contributed by atoms with van der Waals surface area (Å²) in [5.41, 5.74) is 2.00. The zero-order valence-corrected chi connectivity index (χ0v) is 12.7. The fourth-order valence-corrected chi connectivity index (χ4v) is 1.94. The van der Waals surface area contributed by atoms with E-state index in [-0.39, 0.29) is 18.3 Å². The van der Waals surface area contributed by atoms with Gasteiger partial charge in [-0.1, -0.05) is 12.1 Å². The van der Waals surface area contributed by atoms with Crippen LogP contribution >= 0.6 is 0 Å². The molecule has 5 heteroatoms. The molecule has 0 saturated heterocycles. The number of ketones is 1. The van der Waals surface area contributed by atoms with Gasteiger partial charge in [0.2, 0.25) is 0 Å². The minimum atomic E-state index is -0.261. The Bertz CT molecular complexity index is 746. The molecule has 0 radical (unpaired) electrons. The van der Waals surface area contributed by atoms with E-state index in [4.69, 9.17) is 10.00 Å². The van der Waals surface area contributed by atoms with Crippen LogP contribution in [0.5, 0.6) is 5.75 Å². The average Bonchev–Trinajstić information content (AvgIpc) is 2.58. The lowest BCUT2D eigenvalue weighted by Crippen LogP contribution is -2.28. The summed E-state index contributed by atoms with van der Waals surface area (Å²) in [7, 11) is 0. The lowest BCUT2D eigenvalue weighted by molar-refractivity contribution is -0.123. The number of hydrogen-bond acceptors (Lipinski definition) is 4. The summed E-state index contributed by atoms with van der Waals surface area (Å²) >= 11 is 0. The van der Waals surface area contributed by atoms with Gasteiger partial charge in [-0.05, 0) is 48.9 Å². The second-order valence-corrected chi connectivity index (χ2v) is 4.96. The van der Waals surface area contributed by atoms with Gasteiger partial charge in [0.15, 0.2) is 12.4 Å². The first kappa shape index (κ1) is 16.2. The first-order chi connectivity index (χ1) is 11.1. The highest BCUT2D eigenvalue weighted by molar-refractivity contribution is 5.94. The third kappa shape index (κ3) is 4.97. The molecular formula is C18H16N2O3. The van der Waals surface area contributed by atoms with E-state index >= 15 is 0 Å². The van der Waals surface area contributed by atoms with Crippen LogP contribution < -0.4 is 10.1 Å². The van der Waals surface area contributed by atoms with Crippen molar-refractivity contribution in [2.75, 3.05) is 6.61 Å². The van der Waals surface area contributed by atoms with Gasteiger partial charge < -0.3 is 10.1 Å². The molecule has 23 heavy (non-hydrogen) atoms. The third-order valence-electron chi connectivity index (χ3n) is 3.18. The van der Waals surface area contributed by atoms with E-state index in [0.717, 1.165) is 5.56 Å². The molecule has 0 aliphatic rings. The monoisotopic (exact) mass is 308 g/mol. The summed E-state index contributed by atoms with van der Waals surface area (Å²) < 4.78 is 5.36. The Kier molecular flexibility index (Phi) is 5.48. The lowest BCUT2D eigenvalue weighted by atomic mass is 10.1. The number of carbonyl (C=O) groups is 2. The van der Waals surface area contributed by atoms with E-state index in [9.17, 15) is 9.59 Å². The Balaban J connectivity index is 1.80. The summed E-state index contributed by atoms with van der Waals surface area (Å²) in [6.45, 7) is 1.71. The number of hydrogen-bond donors (Lipinski definition) is 1. The number of ether oxygens (including phenoxy) is 1. The van der Waals surface area contributed by atoms with E-state index in [0.29, 0.717) is 23.4 Å². The molecule has 1 N–H and O–H groups in total. The minimum Gasteiger partial charge on any atom is -0.484 e. The Labute approximate surface area is 134 Å². The molecule has 116 valence electrons. The van der Waals surface area contributed by atoms with Crippen molar-refractivity contribution < 1.29 is 14.3 Å². The molecule has 0 fully saturated rings. The first-order valence-corrected chi connectivity index (χ1v) is 7.08. The highest BCUT2D eigenvalue weighted by Gasteiger charge is 2.04. The second kappa shape index (κ2) is 7.76. The molecule has 0 aromatic heterocycles. The molecule has 0 unspecified atom stereocenters. The molecule has 0 atom stereocenters. The van der Waals surface area contributed by atoms with Gasteiger partial charge in [-0.15, -0.1) is 0 Å². The van der Waals surface area contributed by atoms with Crippen molar-refractivity contribution >= 4 is 11.7 Å². The van der Waals surface area contributed by atoms with Crippen molar-refractivity contribution in [1.82, 2.24) is 5.32 Å². The summed E-state index contributed by atoms with van der Waals surface area (Å²) in [5.74, 6) is 0.244. The predicted molar refractivity (Wildman–Crippen MR) is 84.9 cm³/mol. The molecule has 2 rings (SSSR count). The lowest BCUT2D eigenvalue weighted by Gasteiger charge is -2.08. The third-order valence-corrected chi connectivity index (χ3v) is 3.18. The van der Waals surface area contributed by atoms with E-state index in [2.05, 4.69) is 11.4 Å². The van der Waals surface area contributed by atoms with Gasteiger partial charge in [-0.25, -0.2) is 0 Å². The number of carbonyl (C=O) groups excluding carboxylic acids is 2. The second-order valence-electron chi connectivity index (χ2n) is 4.96. The molecular weight excluding hydrogens is 292 g/mol. The van der Waals surface area contributed by atoms with Crippen LogP contribution in [-0.4, -0.2) is 18.3 Å². The SMILES string of the molecule is CC(=O)c1ccc(OCC(=O)NCc2cccc(C#N)c2)cc1. The zero-order chi connectivity index (χ0) is 16.7. The quantitative estimate of drug-likeness (QED) is 0.831. The van der Waals surface area contributed by atoms with Crippen LogP contribution in [0.2, 0.25) is 0 Å². The van der Waals surface area contributed by atoms with Crippen molar-refractivity contribution in [3.8, 4) is 11.8 Å². The molecule has 0 saturated carbocycles. The maximum absolute atomic E-state index is 11.8. The minimum absolute atomic E-state index is 0.0195. The molecule has 5 nitrogen and oxygen atoms in total. The smallest absolute Gasteiger partial charge is 0.258 e. The molecule has 0 bridgehead atoms. The molecule has 0 heterocycles. The predicted octanol–water partition coefficient (Wildman–Crippen LogP) is 2.46. The largest absolute Gasteiger partial charge is 0.484 e. The number of rotatable bonds is 6. The van der Waals surface area contributed by atoms with Gasteiger partial charge >= 0.3 is 0 Å². The Morgan fingerprint density at radius 1 is 1.17 bits per heavy atom. The highest BCUT2D eigenvalue weighted by Crippen LogP contribution is 2.12. The fourth-order valence-electron chi connectivity index (χ4n) is 1.94. The number of amides is 1. The van der Waals surface area contributed by atoms with Crippen LogP contribution in [0.4, 0.5) is 0 Å². The average molecular weight is 308 g/mol. The summed E-state index contributed by atoms with van der Waals surface area (Å²) in [4.78, 5) is 22.9. The van der Waals surface area contributed by atoms with Gasteiger partial charge in [0.25, 0.3) is 5.91 Å². The maximum Gasteiger partial charge on any atom is 0.258 e. The molecule has 0 aliphatic carbocycles. The number of benzene rings is 2. The van der Waals surface area contributed by atoms with Crippen molar-refractivity contribution in [1.29, 1.82) is 5.26 Å². The van der Waals surface area contributed by atoms with Crippen molar-refractivity contribution in [3.63, 3.8) is 0 Å². The normalized spacial score (nSPS) is 9.74. The zero-order valence-electron chi connectivity index (χ0n) is 12.7. The summed E-state index contributed by atoms with van der Waals surface area (Å²) in [6.07, 6.45) is 0. The molecule has 0 aliphatic heterocycles. The van der Waals surface area contributed by atoms with Crippen LogP contribution in [-0.2, 0) is 11.3 Å². The number of Topliss-reactive ketones (excluding diaryl/α,β-unsaturated/α-hetero) is 1. The highest BCUT2D eigenvalue weighted by atomic mass is 16.5. The Hall–Kier alpha value is -3.13. The van der Waals surface area contributed by atoms with Crippen molar-refractivity contribution in [3.05, 3.63) is 65.2 Å². The molecule has 2 aromatic rings. The van der Waals surface area contributed by atoms with Crippen LogP contribution in [0, 0.1) is 11.3 Å². The summed E-state index contributed by atoms with van der Waals surface area (Å²) in [5, 5.41) is 11.5. The van der Waals surface area contributed by atoms with Gasteiger partial charge in [0, 0.05) is 12.1 Å². The van der Waals surface area contributed by atoms with Crippen LogP contribution in [0.1, 0.15) is 28.4 Å². The van der Waals surface area contributed by atoms with E-state index in [1.807, 2.05) is 6.07 Å². The topological polar surface area (TPSA) is 79.2 Å². The number of nitrogens with one attached hydrogen (secondary N) is 1. The molecule has 2 aromatic carbocycles. The first-order valence-electron chi connectivity index (χ1n) is 7.08. The van der Waals surface area contributed by atoms with Crippen LogP contribution in [0.25, 0.3) is 0 Å². The van der Waals surface area contributed by atoms with E-state index in [1.165, 1.54) is 6.92 Å². The van der Waals surface area contributed by atoms with Gasteiger partial charge in [-0.3, -0.25) is 9.59 Å². The van der Waals surface area contributed by atoms with Crippen LogP contribution in [0.3, 0.4) is 0 Å². The molecule has 1 amide bonds. The van der Waals surface area contributed by atoms with Crippen molar-refractivity contribution in [2.45, 2.75) is 13.5 Å². The van der Waals surface area contributed by atoms with Crippen LogP contribution in [0.15, 0.2) is 48.5 Å². The number of nitrogens with zero attached hydrogens (tertiary/aromatic N) is 1. The van der Waals surface area contributed by atoms with Gasteiger partial charge in [0.05, 0.1) is 11.6 Å². The number of nitriles is 1.